The van der Waals surface area contributed by atoms with E-state index < -0.39 is 6.04 Å². The van der Waals surface area contributed by atoms with E-state index in [1.165, 1.54) is 0 Å². The zero-order valence-electron chi connectivity index (χ0n) is 10.7. The largest absolute Gasteiger partial charge is 0.383 e. The Morgan fingerprint density at radius 1 is 1.50 bits per heavy atom. The number of hydrogen-bond acceptors (Lipinski definition) is 4. The Labute approximate surface area is 103 Å². The fourth-order valence-corrected chi connectivity index (χ4v) is 1.74. The van der Waals surface area contributed by atoms with Gasteiger partial charge in [0.15, 0.2) is 0 Å². The van der Waals surface area contributed by atoms with E-state index in [-0.39, 0.29) is 11.9 Å². The van der Waals surface area contributed by atoms with Gasteiger partial charge in [-0.2, -0.15) is 11.8 Å². The van der Waals surface area contributed by atoms with Crippen LogP contribution in [0, 0.1) is 5.92 Å². The maximum atomic E-state index is 11.7. The predicted molar refractivity (Wildman–Crippen MR) is 69.6 cm³/mol. The maximum absolute atomic E-state index is 11.7. The van der Waals surface area contributed by atoms with Crippen molar-refractivity contribution in [2.45, 2.75) is 32.4 Å². The molecule has 0 saturated heterocycles. The summed E-state index contributed by atoms with van der Waals surface area (Å²) in [5.74, 6) is 1.17. The van der Waals surface area contributed by atoms with Gasteiger partial charge in [-0.1, -0.05) is 13.8 Å². The minimum absolute atomic E-state index is 0.0397. The summed E-state index contributed by atoms with van der Waals surface area (Å²) in [6.45, 7) is 4.63. The van der Waals surface area contributed by atoms with E-state index in [4.69, 9.17) is 10.5 Å². The summed E-state index contributed by atoms with van der Waals surface area (Å²) >= 11 is 1.70. The molecular formula is C11H24N2O2S. The second-order valence-corrected chi connectivity index (χ2v) is 5.19. The van der Waals surface area contributed by atoms with Crippen molar-refractivity contribution in [3.63, 3.8) is 0 Å². The van der Waals surface area contributed by atoms with Crippen LogP contribution in [0.25, 0.3) is 0 Å². The third-order valence-electron chi connectivity index (χ3n) is 2.45. The molecular weight excluding hydrogens is 224 g/mol. The van der Waals surface area contributed by atoms with Crippen molar-refractivity contribution in [2.75, 3.05) is 25.7 Å². The van der Waals surface area contributed by atoms with Gasteiger partial charge < -0.3 is 15.8 Å². The van der Waals surface area contributed by atoms with Gasteiger partial charge in [-0.05, 0) is 24.3 Å². The van der Waals surface area contributed by atoms with Crippen LogP contribution in [-0.2, 0) is 9.53 Å². The van der Waals surface area contributed by atoms with Gasteiger partial charge in [0.2, 0.25) is 5.91 Å². The van der Waals surface area contributed by atoms with Gasteiger partial charge in [-0.25, -0.2) is 0 Å². The first kappa shape index (κ1) is 15.7. The number of amides is 1. The summed E-state index contributed by atoms with van der Waals surface area (Å²) in [4.78, 5) is 11.7. The lowest BCUT2D eigenvalue weighted by Crippen LogP contribution is -2.49. The first-order chi connectivity index (χ1) is 7.52. The Morgan fingerprint density at radius 2 is 2.12 bits per heavy atom. The molecule has 1 unspecified atom stereocenters. The average Bonchev–Trinajstić information content (AvgIpc) is 2.24. The van der Waals surface area contributed by atoms with E-state index in [2.05, 4.69) is 19.2 Å². The number of ether oxygens (including phenoxy) is 1. The van der Waals surface area contributed by atoms with E-state index in [0.717, 1.165) is 5.75 Å². The topological polar surface area (TPSA) is 64.3 Å². The summed E-state index contributed by atoms with van der Waals surface area (Å²) in [5, 5.41) is 2.93. The summed E-state index contributed by atoms with van der Waals surface area (Å²) in [6, 6.07) is -0.372. The molecule has 16 heavy (non-hydrogen) atoms. The number of nitrogens with one attached hydrogen (secondary N) is 1. The summed E-state index contributed by atoms with van der Waals surface area (Å²) in [6.07, 6.45) is 2.72. The fourth-order valence-electron chi connectivity index (χ4n) is 1.25. The second kappa shape index (κ2) is 8.84. The van der Waals surface area contributed by atoms with Crippen molar-refractivity contribution < 1.29 is 9.53 Å². The van der Waals surface area contributed by atoms with Crippen LogP contribution in [0.2, 0.25) is 0 Å². The van der Waals surface area contributed by atoms with Gasteiger partial charge in [0.05, 0.1) is 18.7 Å². The zero-order chi connectivity index (χ0) is 12.6. The van der Waals surface area contributed by atoms with Crippen LogP contribution >= 0.6 is 11.8 Å². The van der Waals surface area contributed by atoms with E-state index in [1.54, 1.807) is 18.9 Å². The highest BCUT2D eigenvalue weighted by molar-refractivity contribution is 7.98. The minimum Gasteiger partial charge on any atom is -0.383 e. The molecule has 0 rings (SSSR count). The summed E-state index contributed by atoms with van der Waals surface area (Å²) in [5.41, 5.74) is 5.78. The number of rotatable bonds is 8. The third-order valence-corrected chi connectivity index (χ3v) is 3.09. The van der Waals surface area contributed by atoms with Gasteiger partial charge in [-0.15, -0.1) is 0 Å². The molecule has 0 bridgehead atoms. The van der Waals surface area contributed by atoms with Crippen LogP contribution in [-0.4, -0.2) is 43.7 Å². The van der Waals surface area contributed by atoms with Crippen molar-refractivity contribution in [1.29, 1.82) is 0 Å². The third kappa shape index (κ3) is 6.35. The van der Waals surface area contributed by atoms with E-state index in [9.17, 15) is 4.79 Å². The van der Waals surface area contributed by atoms with Crippen LogP contribution < -0.4 is 11.1 Å². The molecule has 5 heteroatoms. The normalized spacial score (nSPS) is 14.9. The molecule has 1 amide bonds. The maximum Gasteiger partial charge on any atom is 0.237 e. The van der Waals surface area contributed by atoms with Crippen LogP contribution in [0.4, 0.5) is 0 Å². The molecule has 0 aliphatic heterocycles. The molecule has 0 spiro atoms. The van der Waals surface area contributed by atoms with Crippen molar-refractivity contribution >= 4 is 17.7 Å². The monoisotopic (exact) mass is 248 g/mol. The van der Waals surface area contributed by atoms with Crippen LogP contribution in [0.1, 0.15) is 20.3 Å². The molecule has 0 aliphatic carbocycles. The Bertz CT molecular complexity index is 200. The number of methoxy groups -OCH3 is 1. The van der Waals surface area contributed by atoms with E-state index in [0.29, 0.717) is 18.9 Å². The minimum atomic E-state index is -0.412. The first-order valence-electron chi connectivity index (χ1n) is 5.56. The number of carbonyl (C=O) groups excluding carboxylic acids is 1. The van der Waals surface area contributed by atoms with E-state index >= 15 is 0 Å². The van der Waals surface area contributed by atoms with Gasteiger partial charge in [0, 0.05) is 7.11 Å². The Hall–Kier alpha value is -0.260. The highest BCUT2D eigenvalue weighted by Crippen LogP contribution is 2.04. The number of nitrogens with two attached hydrogens (primary N) is 1. The lowest BCUT2D eigenvalue weighted by Gasteiger charge is -2.23. The highest BCUT2D eigenvalue weighted by atomic mass is 32.2. The van der Waals surface area contributed by atoms with Crippen LogP contribution in [0.15, 0.2) is 0 Å². The van der Waals surface area contributed by atoms with Crippen LogP contribution in [0.3, 0.4) is 0 Å². The molecule has 2 atom stereocenters. The summed E-state index contributed by atoms with van der Waals surface area (Å²) in [7, 11) is 1.63. The predicted octanol–water partition coefficient (Wildman–Crippen LogP) is 0.854. The fraction of sp³-hybridized carbons (Fsp3) is 0.909. The van der Waals surface area contributed by atoms with Crippen LogP contribution in [0.5, 0.6) is 0 Å². The second-order valence-electron chi connectivity index (χ2n) is 4.20. The molecule has 96 valence electrons. The molecule has 0 saturated carbocycles. The zero-order valence-corrected chi connectivity index (χ0v) is 11.5. The Kier molecular flexibility index (Phi) is 8.70. The lowest BCUT2D eigenvalue weighted by molar-refractivity contribution is -0.123. The molecule has 0 aromatic rings. The van der Waals surface area contributed by atoms with E-state index in [1.807, 2.05) is 6.26 Å². The van der Waals surface area contributed by atoms with Gasteiger partial charge in [0.25, 0.3) is 0 Å². The SMILES string of the molecule is COCC(NC(=O)[C@H](N)CCSC)C(C)C. The number of thioether (sulfide) groups is 1. The molecule has 0 aliphatic rings. The number of carbonyl (C=O) groups is 1. The quantitative estimate of drug-likeness (QED) is 0.668. The van der Waals surface area contributed by atoms with Crippen molar-refractivity contribution in [2.24, 2.45) is 11.7 Å². The smallest absolute Gasteiger partial charge is 0.237 e. The lowest BCUT2D eigenvalue weighted by atomic mass is 10.0. The summed E-state index contributed by atoms with van der Waals surface area (Å²) < 4.78 is 5.07. The number of hydrogen-bond donors (Lipinski definition) is 2. The Morgan fingerprint density at radius 3 is 2.56 bits per heavy atom. The molecule has 0 heterocycles. The molecule has 0 aromatic carbocycles. The van der Waals surface area contributed by atoms with Gasteiger partial charge >= 0.3 is 0 Å². The standard InChI is InChI=1S/C11H24N2O2S/c1-8(2)10(7-15-3)13-11(14)9(12)5-6-16-4/h8-10H,5-7,12H2,1-4H3,(H,13,14)/t9-,10?/m1/s1. The highest BCUT2D eigenvalue weighted by Gasteiger charge is 2.19. The molecule has 0 radical (unpaired) electrons. The Balaban J connectivity index is 4.07. The van der Waals surface area contributed by atoms with Gasteiger partial charge in [-0.3, -0.25) is 4.79 Å². The van der Waals surface area contributed by atoms with Crippen molar-refractivity contribution in [3.05, 3.63) is 0 Å². The van der Waals surface area contributed by atoms with Crippen molar-refractivity contribution in [3.8, 4) is 0 Å². The first-order valence-corrected chi connectivity index (χ1v) is 6.96. The molecule has 0 fully saturated rings. The molecule has 4 nitrogen and oxygen atoms in total. The van der Waals surface area contributed by atoms with Crippen molar-refractivity contribution in [1.82, 2.24) is 5.32 Å². The average molecular weight is 248 g/mol. The van der Waals surface area contributed by atoms with Gasteiger partial charge in [0.1, 0.15) is 0 Å². The molecule has 0 aromatic heterocycles. The molecule has 3 N–H and O–H groups in total.